The molecule has 9 nitrogen and oxygen atoms in total. The fraction of sp³-hybridized carbons (Fsp3) is 0.476. The maximum atomic E-state index is 13.0. The Hall–Kier alpha value is -2.50. The van der Waals surface area contributed by atoms with Crippen LogP contribution in [0, 0.1) is 11.8 Å². The zero-order chi connectivity index (χ0) is 23.9. The van der Waals surface area contributed by atoms with E-state index in [0.717, 1.165) is 17.7 Å². The van der Waals surface area contributed by atoms with Crippen LogP contribution in [-0.4, -0.2) is 36.9 Å². The molecule has 1 aromatic carbocycles. The Labute approximate surface area is 192 Å². The molecule has 1 amide bonds. The minimum Gasteiger partial charge on any atom is -0.468 e. The Morgan fingerprint density at radius 2 is 1.88 bits per heavy atom. The summed E-state index contributed by atoms with van der Waals surface area (Å²) >= 11 is 1.43. The number of rotatable bonds is 11. The van der Waals surface area contributed by atoms with Crippen LogP contribution < -0.4 is 10.0 Å². The second-order valence-corrected chi connectivity index (χ2v) is 9.82. The molecule has 3 N–H and O–H groups in total. The van der Waals surface area contributed by atoms with E-state index < -0.39 is 34.1 Å². The second-order valence-electron chi connectivity index (χ2n) is 7.78. The molecule has 0 spiro atoms. The summed E-state index contributed by atoms with van der Waals surface area (Å²) in [4.78, 5) is 29.8. The first-order chi connectivity index (χ1) is 15.0. The number of benzene rings is 1. The number of methoxy groups -OCH3 is 1. The number of esters is 1. The van der Waals surface area contributed by atoms with Crippen LogP contribution >= 0.6 is 11.3 Å². The fourth-order valence-corrected chi connectivity index (χ4v) is 4.52. The van der Waals surface area contributed by atoms with Crippen LogP contribution in [0.5, 0.6) is 0 Å². The highest BCUT2D eigenvalue weighted by atomic mass is 32.2. The largest absolute Gasteiger partial charge is 0.468 e. The lowest BCUT2D eigenvalue weighted by Crippen LogP contribution is -2.39. The third kappa shape index (κ3) is 7.88. The number of thiazole rings is 1. The van der Waals surface area contributed by atoms with Gasteiger partial charge in [0.15, 0.2) is 0 Å². The van der Waals surface area contributed by atoms with Crippen LogP contribution in [0.2, 0.25) is 0 Å². The molecule has 1 heterocycles. The van der Waals surface area contributed by atoms with E-state index in [-0.39, 0.29) is 11.6 Å². The Bertz CT molecular complexity index is 1020. The van der Waals surface area contributed by atoms with Gasteiger partial charge in [-0.2, -0.15) is 8.42 Å². The van der Waals surface area contributed by atoms with Gasteiger partial charge >= 0.3 is 16.3 Å². The molecule has 32 heavy (non-hydrogen) atoms. The summed E-state index contributed by atoms with van der Waals surface area (Å²) in [5, 5.41) is 5.59. The number of aryl methyl sites for hydroxylation is 1. The van der Waals surface area contributed by atoms with Crippen molar-refractivity contribution < 1.29 is 27.3 Å². The summed E-state index contributed by atoms with van der Waals surface area (Å²) in [6.45, 7) is 5.84. The highest BCUT2D eigenvalue weighted by Crippen LogP contribution is 2.25. The molecule has 11 heteroatoms. The Balaban J connectivity index is 2.26. The molecule has 2 atom stereocenters. The number of aromatic nitrogens is 1. The van der Waals surface area contributed by atoms with Gasteiger partial charge in [0.25, 0.3) is 0 Å². The van der Waals surface area contributed by atoms with Crippen molar-refractivity contribution in [3.63, 3.8) is 0 Å². The molecule has 0 aliphatic heterocycles. The second kappa shape index (κ2) is 11.4. The van der Waals surface area contributed by atoms with E-state index in [1.165, 1.54) is 30.6 Å². The molecule has 0 saturated heterocycles. The summed E-state index contributed by atoms with van der Waals surface area (Å²) in [7, 11) is -3.10. The van der Waals surface area contributed by atoms with Crippen LogP contribution in [0.4, 0.5) is 5.69 Å². The van der Waals surface area contributed by atoms with E-state index in [2.05, 4.69) is 10.3 Å². The van der Waals surface area contributed by atoms with Crippen molar-refractivity contribution in [1.82, 2.24) is 10.3 Å². The Morgan fingerprint density at radius 1 is 1.22 bits per heavy atom. The predicted octanol–water partition coefficient (Wildman–Crippen LogP) is 3.16. The van der Waals surface area contributed by atoms with Gasteiger partial charge in [0.2, 0.25) is 5.91 Å². The van der Waals surface area contributed by atoms with Gasteiger partial charge in [-0.3, -0.25) is 18.9 Å². The number of hydrogen-bond donors (Lipinski definition) is 3. The lowest BCUT2D eigenvalue weighted by Gasteiger charge is -2.21. The lowest BCUT2D eigenvalue weighted by atomic mass is 9.95. The van der Waals surface area contributed by atoms with Gasteiger partial charge in [-0.15, -0.1) is 11.3 Å². The van der Waals surface area contributed by atoms with Crippen molar-refractivity contribution in [3.8, 4) is 0 Å². The Morgan fingerprint density at radius 3 is 2.38 bits per heavy atom. The van der Waals surface area contributed by atoms with Gasteiger partial charge in [0.05, 0.1) is 24.5 Å². The molecule has 0 radical (unpaired) electrons. The normalized spacial score (nSPS) is 13.4. The molecule has 0 bridgehead atoms. The van der Waals surface area contributed by atoms with E-state index in [4.69, 9.17) is 9.29 Å². The summed E-state index contributed by atoms with van der Waals surface area (Å²) in [5.41, 5.74) is 1.92. The van der Waals surface area contributed by atoms with Gasteiger partial charge in [-0.1, -0.05) is 32.9 Å². The zero-order valence-corrected chi connectivity index (χ0v) is 20.1. The SMILES string of the molecule is CCc1csc(C(Cc2ccc(NS(=O)(=O)O)cc2)NC(=O)C(CC(C)C)C(=O)OC)n1. The summed E-state index contributed by atoms with van der Waals surface area (Å²) < 4.78 is 37.7. The maximum absolute atomic E-state index is 13.0. The summed E-state index contributed by atoms with van der Waals surface area (Å²) in [6.07, 6.45) is 1.49. The van der Waals surface area contributed by atoms with Gasteiger partial charge in [-0.25, -0.2) is 4.98 Å². The molecular formula is C21H29N3O6S2. The minimum atomic E-state index is -4.36. The average molecular weight is 484 g/mol. The molecular weight excluding hydrogens is 454 g/mol. The number of nitrogens with zero attached hydrogens (tertiary/aromatic N) is 1. The minimum absolute atomic E-state index is 0.123. The molecule has 2 rings (SSSR count). The number of carbonyl (C=O) groups excluding carboxylic acids is 2. The molecule has 2 aromatic rings. The topological polar surface area (TPSA) is 135 Å². The maximum Gasteiger partial charge on any atom is 0.357 e. The number of anilines is 1. The van der Waals surface area contributed by atoms with Crippen LogP contribution in [0.15, 0.2) is 29.6 Å². The van der Waals surface area contributed by atoms with E-state index in [9.17, 15) is 18.0 Å². The fourth-order valence-electron chi connectivity index (χ4n) is 3.13. The van der Waals surface area contributed by atoms with Crippen molar-refractivity contribution in [1.29, 1.82) is 0 Å². The smallest absolute Gasteiger partial charge is 0.357 e. The third-order valence-corrected chi connectivity index (χ3v) is 6.20. The van der Waals surface area contributed by atoms with E-state index in [0.29, 0.717) is 17.8 Å². The molecule has 176 valence electrons. The van der Waals surface area contributed by atoms with Gasteiger partial charge in [0.1, 0.15) is 10.9 Å². The molecule has 0 saturated carbocycles. The molecule has 1 aromatic heterocycles. The number of hydrogen-bond acceptors (Lipinski definition) is 7. The summed E-state index contributed by atoms with van der Waals surface area (Å²) in [6, 6.07) is 5.92. The van der Waals surface area contributed by atoms with E-state index >= 15 is 0 Å². The standard InChI is InChI=1S/C21H29N3O6S2/c1-5-15-12-31-20(22-15)18(23-19(25)17(10-13(2)3)21(26)30-4)11-14-6-8-16(9-7-14)24-32(27,28)29/h6-9,12-13,17-18,24H,5,10-11H2,1-4H3,(H,23,25)(H,27,28,29). The average Bonchev–Trinajstić information content (AvgIpc) is 3.20. The molecule has 0 fully saturated rings. The first kappa shape index (κ1) is 25.8. The van der Waals surface area contributed by atoms with Crippen molar-refractivity contribution in [2.45, 2.75) is 46.1 Å². The lowest BCUT2D eigenvalue weighted by molar-refractivity contribution is -0.151. The molecule has 0 aliphatic carbocycles. The van der Waals surface area contributed by atoms with Crippen molar-refractivity contribution in [2.24, 2.45) is 11.8 Å². The van der Waals surface area contributed by atoms with Crippen LogP contribution in [0.25, 0.3) is 0 Å². The number of amides is 1. The van der Waals surface area contributed by atoms with Gasteiger partial charge in [-0.05, 0) is 42.9 Å². The van der Waals surface area contributed by atoms with Crippen LogP contribution in [0.1, 0.15) is 49.5 Å². The van der Waals surface area contributed by atoms with Crippen molar-refractivity contribution >= 4 is 39.2 Å². The summed E-state index contributed by atoms with van der Waals surface area (Å²) in [5.74, 6) is -1.80. The van der Waals surface area contributed by atoms with E-state index in [1.807, 2.05) is 30.9 Å². The first-order valence-electron chi connectivity index (χ1n) is 10.2. The zero-order valence-electron chi connectivity index (χ0n) is 18.5. The highest BCUT2D eigenvalue weighted by Gasteiger charge is 2.31. The van der Waals surface area contributed by atoms with Crippen LogP contribution in [-0.2, 0) is 37.5 Å². The monoisotopic (exact) mass is 483 g/mol. The van der Waals surface area contributed by atoms with E-state index in [1.54, 1.807) is 12.1 Å². The molecule has 2 unspecified atom stereocenters. The van der Waals surface area contributed by atoms with Gasteiger partial charge in [0, 0.05) is 5.38 Å². The number of nitrogens with one attached hydrogen (secondary N) is 2. The quantitative estimate of drug-likeness (QED) is 0.254. The Kier molecular flexibility index (Phi) is 9.17. The van der Waals surface area contributed by atoms with Crippen molar-refractivity contribution in [3.05, 3.63) is 45.9 Å². The molecule has 0 aliphatic rings. The van der Waals surface area contributed by atoms with Crippen molar-refractivity contribution in [2.75, 3.05) is 11.8 Å². The highest BCUT2D eigenvalue weighted by molar-refractivity contribution is 7.87. The third-order valence-electron chi connectivity index (χ3n) is 4.70. The number of carbonyl (C=O) groups is 2. The van der Waals surface area contributed by atoms with Gasteiger partial charge < -0.3 is 10.1 Å². The predicted molar refractivity (Wildman–Crippen MR) is 123 cm³/mol. The first-order valence-corrected chi connectivity index (χ1v) is 12.5. The number of ether oxygens (including phenoxy) is 1. The van der Waals surface area contributed by atoms with Crippen LogP contribution in [0.3, 0.4) is 0 Å².